The van der Waals surface area contributed by atoms with Gasteiger partial charge in [-0.05, 0) is 18.2 Å². The van der Waals surface area contributed by atoms with Gasteiger partial charge in [0, 0.05) is 41.0 Å². The number of hydrogen-bond acceptors (Lipinski definition) is 6. The Morgan fingerprint density at radius 2 is 1.67 bits per heavy atom. The first-order valence-electron chi connectivity index (χ1n) is 9.09. The standard InChI is InChI=1S/C20H17ClN2O6S/c21-17-6-8-18(16-4-2-1-3-15(16)17)29-19-7-5-14(23(24)25)13-20(19)30(26,27)22-9-11-28-12-10-22/h1-8,13H,9-12H2. The van der Waals surface area contributed by atoms with Gasteiger partial charge < -0.3 is 9.47 Å². The lowest BCUT2D eigenvalue weighted by molar-refractivity contribution is -0.385. The summed E-state index contributed by atoms with van der Waals surface area (Å²) in [7, 11) is -4.03. The second-order valence-electron chi connectivity index (χ2n) is 6.60. The highest BCUT2D eigenvalue weighted by molar-refractivity contribution is 7.89. The van der Waals surface area contributed by atoms with Crippen molar-refractivity contribution in [2.24, 2.45) is 0 Å². The number of halogens is 1. The highest BCUT2D eigenvalue weighted by Crippen LogP contribution is 2.38. The maximum Gasteiger partial charge on any atom is 0.271 e. The van der Waals surface area contributed by atoms with Gasteiger partial charge in [0.25, 0.3) is 5.69 Å². The Hall–Kier alpha value is -2.72. The molecule has 0 aromatic heterocycles. The van der Waals surface area contributed by atoms with Crippen LogP contribution in [-0.2, 0) is 14.8 Å². The van der Waals surface area contributed by atoms with Crippen LogP contribution in [0.15, 0.2) is 59.5 Å². The lowest BCUT2D eigenvalue weighted by atomic mass is 10.1. The quantitative estimate of drug-likeness (QED) is 0.428. The van der Waals surface area contributed by atoms with Crippen molar-refractivity contribution in [3.8, 4) is 11.5 Å². The van der Waals surface area contributed by atoms with Crippen molar-refractivity contribution in [3.05, 3.63) is 69.7 Å². The maximum absolute atomic E-state index is 13.2. The zero-order valence-electron chi connectivity index (χ0n) is 15.7. The van der Waals surface area contributed by atoms with Crippen LogP contribution in [0.4, 0.5) is 5.69 Å². The van der Waals surface area contributed by atoms with Crippen LogP contribution in [0.2, 0.25) is 5.02 Å². The minimum Gasteiger partial charge on any atom is -0.455 e. The molecule has 30 heavy (non-hydrogen) atoms. The fraction of sp³-hybridized carbons (Fsp3) is 0.200. The fourth-order valence-corrected chi connectivity index (χ4v) is 5.03. The number of nitro benzene ring substituents is 1. The lowest BCUT2D eigenvalue weighted by Crippen LogP contribution is -2.40. The van der Waals surface area contributed by atoms with E-state index in [1.807, 2.05) is 18.2 Å². The minimum absolute atomic E-state index is 0.000401. The molecule has 156 valence electrons. The monoisotopic (exact) mass is 448 g/mol. The molecule has 3 aromatic rings. The van der Waals surface area contributed by atoms with Crippen molar-refractivity contribution in [3.63, 3.8) is 0 Å². The van der Waals surface area contributed by atoms with Gasteiger partial charge in [0.15, 0.2) is 0 Å². The number of benzene rings is 3. The second kappa shape index (κ2) is 8.19. The van der Waals surface area contributed by atoms with E-state index in [4.69, 9.17) is 21.1 Å². The van der Waals surface area contributed by atoms with Crippen LogP contribution in [0.25, 0.3) is 10.8 Å². The summed E-state index contributed by atoms with van der Waals surface area (Å²) in [6, 6.07) is 14.1. The molecule has 1 fully saturated rings. The highest BCUT2D eigenvalue weighted by Gasteiger charge is 2.31. The maximum atomic E-state index is 13.2. The van der Waals surface area contributed by atoms with E-state index < -0.39 is 14.9 Å². The Morgan fingerprint density at radius 1 is 1.00 bits per heavy atom. The summed E-state index contributed by atoms with van der Waals surface area (Å²) in [5.41, 5.74) is -0.338. The first-order chi connectivity index (χ1) is 14.4. The molecule has 10 heteroatoms. The molecular formula is C20H17ClN2O6S. The third-order valence-electron chi connectivity index (χ3n) is 4.78. The highest BCUT2D eigenvalue weighted by atomic mass is 35.5. The van der Waals surface area contributed by atoms with E-state index in [2.05, 4.69) is 0 Å². The number of sulfonamides is 1. The van der Waals surface area contributed by atoms with Gasteiger partial charge in [0.1, 0.15) is 16.4 Å². The Balaban J connectivity index is 1.83. The van der Waals surface area contributed by atoms with Crippen molar-refractivity contribution >= 4 is 38.1 Å². The molecule has 0 N–H and O–H groups in total. The van der Waals surface area contributed by atoms with E-state index in [9.17, 15) is 18.5 Å². The molecule has 0 amide bonds. The molecule has 1 saturated heterocycles. The number of rotatable bonds is 5. The number of fused-ring (bicyclic) bond motifs is 1. The van der Waals surface area contributed by atoms with Gasteiger partial charge in [-0.25, -0.2) is 8.42 Å². The van der Waals surface area contributed by atoms with Crippen LogP contribution in [0, 0.1) is 10.1 Å². The number of nitrogens with zero attached hydrogens (tertiary/aromatic N) is 2. The Bertz CT molecular complexity index is 1230. The van der Waals surface area contributed by atoms with Gasteiger partial charge in [-0.1, -0.05) is 35.9 Å². The van der Waals surface area contributed by atoms with E-state index in [0.29, 0.717) is 16.2 Å². The van der Waals surface area contributed by atoms with Crippen LogP contribution in [0.5, 0.6) is 11.5 Å². The third kappa shape index (κ3) is 3.84. The summed E-state index contributed by atoms with van der Waals surface area (Å²) in [6.07, 6.45) is 0. The van der Waals surface area contributed by atoms with E-state index in [-0.39, 0.29) is 42.6 Å². The number of nitro groups is 1. The summed E-state index contributed by atoms with van der Waals surface area (Å²) >= 11 is 6.25. The molecule has 0 unspecified atom stereocenters. The molecule has 0 saturated carbocycles. The van der Waals surface area contributed by atoms with Crippen LogP contribution >= 0.6 is 11.6 Å². The molecule has 0 radical (unpaired) electrons. The van der Waals surface area contributed by atoms with E-state index >= 15 is 0 Å². The normalized spacial score (nSPS) is 15.2. The van der Waals surface area contributed by atoms with Crippen molar-refractivity contribution in [2.75, 3.05) is 26.3 Å². The first kappa shape index (κ1) is 20.5. The smallest absolute Gasteiger partial charge is 0.271 e. The topological polar surface area (TPSA) is 99.0 Å². The second-order valence-corrected chi connectivity index (χ2v) is 8.91. The third-order valence-corrected chi connectivity index (χ3v) is 7.03. The predicted molar refractivity (Wildman–Crippen MR) is 112 cm³/mol. The number of non-ortho nitro benzene ring substituents is 1. The average molecular weight is 449 g/mol. The van der Waals surface area contributed by atoms with Crippen molar-refractivity contribution < 1.29 is 22.8 Å². The van der Waals surface area contributed by atoms with Gasteiger partial charge >= 0.3 is 0 Å². The molecule has 0 atom stereocenters. The molecule has 0 bridgehead atoms. The molecule has 1 heterocycles. The molecule has 1 aliphatic heterocycles. The molecule has 4 rings (SSSR count). The lowest BCUT2D eigenvalue weighted by Gasteiger charge is -2.26. The SMILES string of the molecule is O=[N+]([O-])c1ccc(Oc2ccc(Cl)c3ccccc23)c(S(=O)(=O)N2CCOCC2)c1. The summed E-state index contributed by atoms with van der Waals surface area (Å²) in [6.45, 7) is 0.834. The van der Waals surface area contributed by atoms with Crippen molar-refractivity contribution in [2.45, 2.75) is 4.90 Å². The Morgan fingerprint density at radius 3 is 2.37 bits per heavy atom. The summed E-state index contributed by atoms with van der Waals surface area (Å²) in [5.74, 6) is 0.391. The van der Waals surface area contributed by atoms with E-state index in [1.54, 1.807) is 18.2 Å². The van der Waals surface area contributed by atoms with Gasteiger partial charge in [-0.3, -0.25) is 10.1 Å². The summed E-state index contributed by atoms with van der Waals surface area (Å²) in [4.78, 5) is 10.4. The predicted octanol–water partition coefficient (Wildman–Crippen LogP) is 4.21. The molecule has 0 aliphatic carbocycles. The van der Waals surface area contributed by atoms with Crippen LogP contribution in [0.1, 0.15) is 0 Å². The number of morpholine rings is 1. The molecular weight excluding hydrogens is 432 g/mol. The van der Waals surface area contributed by atoms with Crippen LogP contribution < -0.4 is 4.74 Å². The molecule has 8 nitrogen and oxygen atoms in total. The van der Waals surface area contributed by atoms with Gasteiger partial charge in [-0.15, -0.1) is 0 Å². The number of hydrogen-bond donors (Lipinski definition) is 0. The number of ether oxygens (including phenoxy) is 2. The fourth-order valence-electron chi connectivity index (χ4n) is 3.26. The first-order valence-corrected chi connectivity index (χ1v) is 10.9. The average Bonchev–Trinajstić information content (AvgIpc) is 2.76. The summed E-state index contributed by atoms with van der Waals surface area (Å²) in [5, 5.41) is 13.2. The largest absolute Gasteiger partial charge is 0.455 e. The zero-order chi connectivity index (χ0) is 21.3. The molecule has 1 aliphatic rings. The van der Waals surface area contributed by atoms with Crippen molar-refractivity contribution in [1.82, 2.24) is 4.31 Å². The summed E-state index contributed by atoms with van der Waals surface area (Å²) < 4.78 is 38.9. The van der Waals surface area contributed by atoms with Gasteiger partial charge in [0.2, 0.25) is 10.0 Å². The van der Waals surface area contributed by atoms with Gasteiger partial charge in [-0.2, -0.15) is 4.31 Å². The Kier molecular flexibility index (Phi) is 5.61. The molecule has 3 aromatic carbocycles. The van der Waals surface area contributed by atoms with Crippen LogP contribution in [-0.4, -0.2) is 43.9 Å². The van der Waals surface area contributed by atoms with Crippen LogP contribution in [0.3, 0.4) is 0 Å². The van der Waals surface area contributed by atoms with Gasteiger partial charge in [0.05, 0.1) is 18.1 Å². The minimum atomic E-state index is -4.03. The van der Waals surface area contributed by atoms with E-state index in [0.717, 1.165) is 11.5 Å². The Labute approximate surface area is 177 Å². The van der Waals surface area contributed by atoms with Crippen molar-refractivity contribution in [1.29, 1.82) is 0 Å². The van der Waals surface area contributed by atoms with E-state index in [1.165, 1.54) is 16.4 Å². The zero-order valence-corrected chi connectivity index (χ0v) is 17.2. The molecule has 0 spiro atoms.